The van der Waals surface area contributed by atoms with Crippen LogP contribution in [0.2, 0.25) is 0 Å². The Morgan fingerprint density at radius 2 is 2.15 bits per heavy atom. The van der Waals surface area contributed by atoms with Gasteiger partial charge in [0.25, 0.3) is 0 Å². The number of hydrogen-bond donors (Lipinski definition) is 1. The van der Waals surface area contributed by atoms with Gasteiger partial charge in [-0.2, -0.15) is 0 Å². The maximum absolute atomic E-state index is 10.4. The molecule has 1 heterocycles. The largest absolute Gasteiger partial charge is 0.481 e. The lowest BCUT2D eigenvalue weighted by Crippen LogP contribution is -2.32. The molecule has 76 valence electrons. The van der Waals surface area contributed by atoms with Crippen LogP contribution in [0.1, 0.15) is 19.3 Å². The summed E-state index contributed by atoms with van der Waals surface area (Å²) in [7, 11) is 1.57. The van der Waals surface area contributed by atoms with Crippen LogP contribution in [-0.2, 0) is 9.53 Å². The van der Waals surface area contributed by atoms with Crippen LogP contribution in [0.15, 0.2) is 0 Å². The van der Waals surface area contributed by atoms with Crippen LogP contribution in [0.4, 0.5) is 0 Å². The van der Waals surface area contributed by atoms with E-state index in [0.29, 0.717) is 0 Å². The van der Waals surface area contributed by atoms with Crippen molar-refractivity contribution in [1.82, 2.24) is 4.90 Å². The monoisotopic (exact) mass is 187 g/mol. The molecule has 1 N–H and O–H groups in total. The first-order valence-corrected chi connectivity index (χ1v) is 4.69. The number of aliphatic carboxylic acids is 1. The average molecular weight is 187 g/mol. The van der Waals surface area contributed by atoms with Crippen molar-refractivity contribution in [2.45, 2.75) is 25.4 Å². The van der Waals surface area contributed by atoms with E-state index in [1.165, 1.54) is 12.8 Å². The third-order valence-corrected chi connectivity index (χ3v) is 2.40. The number of hydrogen-bond acceptors (Lipinski definition) is 3. The fourth-order valence-corrected chi connectivity index (χ4v) is 1.67. The predicted molar refractivity (Wildman–Crippen MR) is 48.7 cm³/mol. The second kappa shape index (κ2) is 5.19. The van der Waals surface area contributed by atoms with Crippen molar-refractivity contribution in [1.29, 1.82) is 0 Å². The van der Waals surface area contributed by atoms with E-state index in [1.807, 2.05) is 0 Å². The molecule has 1 fully saturated rings. The zero-order valence-corrected chi connectivity index (χ0v) is 8.03. The van der Waals surface area contributed by atoms with Crippen LogP contribution in [-0.4, -0.2) is 48.8 Å². The molecule has 1 aliphatic rings. The van der Waals surface area contributed by atoms with Gasteiger partial charge in [0.2, 0.25) is 0 Å². The SMILES string of the molecule is COC(CC(=O)O)CN1CCCC1. The summed E-state index contributed by atoms with van der Waals surface area (Å²) in [6.07, 6.45) is 2.40. The Morgan fingerprint density at radius 1 is 1.54 bits per heavy atom. The van der Waals surface area contributed by atoms with Gasteiger partial charge in [-0.15, -0.1) is 0 Å². The molecule has 0 saturated carbocycles. The average Bonchev–Trinajstić information content (AvgIpc) is 2.55. The molecule has 1 saturated heterocycles. The Morgan fingerprint density at radius 3 is 2.62 bits per heavy atom. The second-order valence-electron chi connectivity index (χ2n) is 3.46. The van der Waals surface area contributed by atoms with Gasteiger partial charge in [-0.05, 0) is 25.9 Å². The minimum Gasteiger partial charge on any atom is -0.481 e. The number of rotatable bonds is 5. The lowest BCUT2D eigenvalue weighted by atomic mass is 10.2. The summed E-state index contributed by atoms with van der Waals surface area (Å²) in [6.45, 7) is 2.92. The molecule has 1 atom stereocenters. The Bertz CT molecular complexity index is 166. The maximum Gasteiger partial charge on any atom is 0.306 e. The fourth-order valence-electron chi connectivity index (χ4n) is 1.67. The third kappa shape index (κ3) is 3.74. The highest BCUT2D eigenvalue weighted by molar-refractivity contribution is 5.67. The van der Waals surface area contributed by atoms with Crippen molar-refractivity contribution in [2.24, 2.45) is 0 Å². The van der Waals surface area contributed by atoms with Crippen LogP contribution >= 0.6 is 0 Å². The van der Waals surface area contributed by atoms with Gasteiger partial charge in [0, 0.05) is 13.7 Å². The first-order valence-electron chi connectivity index (χ1n) is 4.69. The van der Waals surface area contributed by atoms with E-state index < -0.39 is 5.97 Å². The molecule has 0 bridgehead atoms. The Balaban J connectivity index is 2.25. The molecular weight excluding hydrogens is 170 g/mol. The van der Waals surface area contributed by atoms with E-state index in [4.69, 9.17) is 9.84 Å². The zero-order chi connectivity index (χ0) is 9.68. The van der Waals surface area contributed by atoms with E-state index >= 15 is 0 Å². The molecule has 4 heteroatoms. The lowest BCUT2D eigenvalue weighted by molar-refractivity contribution is -0.140. The van der Waals surface area contributed by atoms with Gasteiger partial charge < -0.3 is 14.7 Å². The summed E-state index contributed by atoms with van der Waals surface area (Å²) < 4.78 is 5.10. The normalized spacial score (nSPS) is 20.4. The van der Waals surface area contributed by atoms with E-state index in [9.17, 15) is 4.79 Å². The molecule has 4 nitrogen and oxygen atoms in total. The predicted octanol–water partition coefficient (Wildman–Crippen LogP) is 0.572. The highest BCUT2D eigenvalue weighted by Gasteiger charge is 2.18. The van der Waals surface area contributed by atoms with Crippen LogP contribution in [0.5, 0.6) is 0 Å². The zero-order valence-electron chi connectivity index (χ0n) is 8.03. The smallest absolute Gasteiger partial charge is 0.306 e. The van der Waals surface area contributed by atoms with Gasteiger partial charge in [-0.3, -0.25) is 4.79 Å². The number of carbonyl (C=O) groups is 1. The van der Waals surface area contributed by atoms with Gasteiger partial charge in [0.15, 0.2) is 0 Å². The van der Waals surface area contributed by atoms with Crippen LogP contribution < -0.4 is 0 Å². The molecule has 0 aromatic rings. The van der Waals surface area contributed by atoms with Crippen molar-refractivity contribution in [2.75, 3.05) is 26.7 Å². The van der Waals surface area contributed by atoms with Gasteiger partial charge in [-0.1, -0.05) is 0 Å². The van der Waals surface area contributed by atoms with Crippen molar-refractivity contribution in [3.05, 3.63) is 0 Å². The van der Waals surface area contributed by atoms with Crippen molar-refractivity contribution < 1.29 is 14.6 Å². The van der Waals surface area contributed by atoms with Gasteiger partial charge in [0.1, 0.15) is 0 Å². The minimum atomic E-state index is -0.786. The van der Waals surface area contributed by atoms with Crippen molar-refractivity contribution in [3.63, 3.8) is 0 Å². The molecule has 0 spiro atoms. The van der Waals surface area contributed by atoms with Crippen LogP contribution in [0.25, 0.3) is 0 Å². The summed E-state index contributed by atoms with van der Waals surface area (Å²) in [6, 6.07) is 0. The number of methoxy groups -OCH3 is 1. The first-order chi connectivity index (χ1) is 6.22. The van der Waals surface area contributed by atoms with Gasteiger partial charge in [0.05, 0.1) is 12.5 Å². The minimum absolute atomic E-state index is 0.104. The van der Waals surface area contributed by atoms with Crippen LogP contribution in [0.3, 0.4) is 0 Å². The standard InChI is InChI=1S/C9H17NO3/c1-13-8(6-9(11)12)7-10-4-2-3-5-10/h8H,2-7H2,1H3,(H,11,12). The molecule has 0 aliphatic carbocycles. The highest BCUT2D eigenvalue weighted by atomic mass is 16.5. The number of likely N-dealkylation sites (tertiary alicyclic amines) is 1. The quantitative estimate of drug-likeness (QED) is 0.683. The number of nitrogens with zero attached hydrogens (tertiary/aromatic N) is 1. The molecule has 0 amide bonds. The topological polar surface area (TPSA) is 49.8 Å². The van der Waals surface area contributed by atoms with Gasteiger partial charge >= 0.3 is 5.97 Å². The molecule has 1 aliphatic heterocycles. The maximum atomic E-state index is 10.4. The summed E-state index contributed by atoms with van der Waals surface area (Å²) in [5, 5.41) is 8.59. The number of ether oxygens (including phenoxy) is 1. The highest BCUT2D eigenvalue weighted by Crippen LogP contribution is 2.10. The molecule has 1 unspecified atom stereocenters. The molecule has 1 rings (SSSR count). The molecule has 13 heavy (non-hydrogen) atoms. The van der Waals surface area contributed by atoms with E-state index in [-0.39, 0.29) is 12.5 Å². The number of carboxylic acid groups (broad SMARTS) is 1. The van der Waals surface area contributed by atoms with E-state index in [2.05, 4.69) is 4.90 Å². The fraction of sp³-hybridized carbons (Fsp3) is 0.889. The molecule has 0 radical (unpaired) electrons. The van der Waals surface area contributed by atoms with E-state index in [0.717, 1.165) is 19.6 Å². The second-order valence-corrected chi connectivity index (χ2v) is 3.46. The van der Waals surface area contributed by atoms with E-state index in [1.54, 1.807) is 7.11 Å². The lowest BCUT2D eigenvalue weighted by Gasteiger charge is -2.20. The van der Waals surface area contributed by atoms with Gasteiger partial charge in [-0.25, -0.2) is 0 Å². The summed E-state index contributed by atoms with van der Waals surface area (Å²) >= 11 is 0. The summed E-state index contributed by atoms with van der Waals surface area (Å²) in [5.41, 5.74) is 0. The summed E-state index contributed by atoms with van der Waals surface area (Å²) in [4.78, 5) is 12.7. The Labute approximate surface area is 78.5 Å². The molecular formula is C9H17NO3. The third-order valence-electron chi connectivity index (χ3n) is 2.40. The Hall–Kier alpha value is -0.610. The number of carboxylic acids is 1. The molecule has 0 aromatic heterocycles. The molecule has 0 aromatic carbocycles. The van der Waals surface area contributed by atoms with Crippen molar-refractivity contribution >= 4 is 5.97 Å². The first kappa shape index (κ1) is 10.5. The Kier molecular flexibility index (Phi) is 4.18. The summed E-state index contributed by atoms with van der Waals surface area (Å²) in [5.74, 6) is -0.786. The van der Waals surface area contributed by atoms with Crippen LogP contribution in [0, 0.1) is 0 Å². The van der Waals surface area contributed by atoms with Crippen molar-refractivity contribution in [3.8, 4) is 0 Å².